The van der Waals surface area contributed by atoms with Gasteiger partial charge < -0.3 is 15.4 Å². The van der Waals surface area contributed by atoms with Gasteiger partial charge in [0.05, 0.1) is 18.3 Å². The molecule has 1 heterocycles. The number of carbonyl (C=O) groups excluding carboxylic acids is 1. The minimum absolute atomic E-state index is 0.126. The smallest absolute Gasteiger partial charge is 0.412 e. The Morgan fingerprint density at radius 1 is 1.24 bits per heavy atom. The number of piperidine rings is 1. The lowest BCUT2D eigenvalue weighted by Crippen LogP contribution is -2.57. The number of likely N-dealkylation sites (tertiary alicyclic amines) is 1. The van der Waals surface area contributed by atoms with Gasteiger partial charge in [0.25, 0.3) is 11.8 Å². The lowest BCUT2D eigenvalue weighted by Gasteiger charge is -2.43. The van der Waals surface area contributed by atoms with Crippen molar-refractivity contribution in [2.45, 2.75) is 51.8 Å². The van der Waals surface area contributed by atoms with Gasteiger partial charge in [0.15, 0.2) is 0 Å². The molecule has 0 saturated carbocycles. The Balaban J connectivity index is 2.37. The Bertz CT molecular complexity index is 1070. The van der Waals surface area contributed by atoms with E-state index in [4.69, 9.17) is 10.5 Å². The van der Waals surface area contributed by atoms with Gasteiger partial charge in [0.1, 0.15) is 18.1 Å². The van der Waals surface area contributed by atoms with Crippen molar-refractivity contribution in [1.29, 1.82) is 0 Å². The first kappa shape index (κ1) is 30.0. The maximum Gasteiger partial charge on any atom is 0.412 e. The van der Waals surface area contributed by atoms with E-state index in [2.05, 4.69) is 4.99 Å². The number of hydrogen-bond donors (Lipinski definition) is 1. The van der Waals surface area contributed by atoms with Gasteiger partial charge >= 0.3 is 6.18 Å². The van der Waals surface area contributed by atoms with Crippen molar-refractivity contribution in [3.63, 3.8) is 0 Å². The summed E-state index contributed by atoms with van der Waals surface area (Å²) in [6, 6.07) is 4.26. The van der Waals surface area contributed by atoms with E-state index >= 15 is 0 Å². The van der Waals surface area contributed by atoms with Gasteiger partial charge in [-0.3, -0.25) is 9.79 Å². The van der Waals surface area contributed by atoms with Crippen LogP contribution in [0.25, 0.3) is 5.57 Å². The lowest BCUT2D eigenvalue weighted by molar-refractivity contribution is -0.152. The van der Waals surface area contributed by atoms with E-state index < -0.39 is 54.3 Å². The van der Waals surface area contributed by atoms with E-state index in [0.29, 0.717) is 5.56 Å². The first-order valence-electron chi connectivity index (χ1n) is 11.6. The Kier molecular flexibility index (Phi) is 10.00. The number of rotatable bonds is 8. The maximum absolute atomic E-state index is 14.5. The van der Waals surface area contributed by atoms with Crippen molar-refractivity contribution < 1.29 is 35.9 Å². The van der Waals surface area contributed by atoms with Gasteiger partial charge in [-0.25, -0.2) is 13.2 Å². The number of aliphatic imine (C=N–C) groups is 1. The van der Waals surface area contributed by atoms with Crippen LogP contribution in [-0.4, -0.2) is 55.4 Å². The highest BCUT2D eigenvalue weighted by Crippen LogP contribution is 2.36. The zero-order valence-corrected chi connectivity index (χ0v) is 21.1. The fourth-order valence-corrected chi connectivity index (χ4v) is 4.05. The van der Waals surface area contributed by atoms with Gasteiger partial charge in [-0.2, -0.15) is 13.2 Å². The number of carbonyl (C=O) groups is 1. The average molecular weight is 532 g/mol. The molecule has 1 aromatic rings. The molecule has 0 bridgehead atoms. The standard InChI is InChI=1S/C26H31F6N3O2/c1-5-19(26(30,31)32)9-6-17(3)37-14-22-16(2)12-25(28,29)15-35(22)24(36)23(33)21(13-34-4)18-7-10-20(27)11-8-18/h6-11,13,16,22H,5,12,14-15,33H2,1-4H3/b17-6+,19-9+,23-21?,34-13?. The molecule has 2 rings (SSSR count). The SMILES string of the molecule is CC/C(=C\C=C(/C)OCC1C(C)CC(F)(F)CN1C(=O)C(N)=C(C=NC)c1ccc(F)cc1)C(F)(F)F. The third-order valence-corrected chi connectivity index (χ3v) is 6.02. The number of hydrogen-bond acceptors (Lipinski definition) is 4. The number of halogens is 6. The molecular formula is C26H31F6N3O2. The largest absolute Gasteiger partial charge is 0.496 e. The van der Waals surface area contributed by atoms with Crippen molar-refractivity contribution in [1.82, 2.24) is 4.90 Å². The van der Waals surface area contributed by atoms with Gasteiger partial charge in [0, 0.05) is 30.8 Å². The molecule has 5 nitrogen and oxygen atoms in total. The lowest BCUT2D eigenvalue weighted by atomic mass is 9.88. The van der Waals surface area contributed by atoms with Crippen LogP contribution in [0.4, 0.5) is 26.3 Å². The van der Waals surface area contributed by atoms with Gasteiger partial charge in [0.2, 0.25) is 0 Å². The first-order valence-corrected chi connectivity index (χ1v) is 11.6. The van der Waals surface area contributed by atoms with Crippen LogP contribution >= 0.6 is 0 Å². The Labute approximate surface area is 212 Å². The first-order chi connectivity index (χ1) is 17.2. The number of amides is 1. The quantitative estimate of drug-likeness (QED) is 0.150. The molecule has 11 heteroatoms. The summed E-state index contributed by atoms with van der Waals surface area (Å²) in [5.41, 5.74) is 5.52. The van der Waals surface area contributed by atoms with Crippen LogP contribution in [0.2, 0.25) is 0 Å². The molecule has 1 aliphatic heterocycles. The van der Waals surface area contributed by atoms with E-state index in [0.717, 1.165) is 29.2 Å². The number of nitrogens with two attached hydrogens (primary N) is 1. The van der Waals surface area contributed by atoms with Crippen LogP contribution < -0.4 is 5.73 Å². The van der Waals surface area contributed by atoms with E-state index in [-0.39, 0.29) is 30.1 Å². The molecule has 2 N–H and O–H groups in total. The number of allylic oxidation sites excluding steroid dienone is 5. The van der Waals surface area contributed by atoms with Crippen molar-refractivity contribution in [3.05, 3.63) is 64.8 Å². The molecule has 2 unspecified atom stereocenters. The summed E-state index contributed by atoms with van der Waals surface area (Å²) in [6.07, 6.45) is -1.88. The average Bonchev–Trinajstić information content (AvgIpc) is 2.80. The number of benzene rings is 1. The second kappa shape index (κ2) is 12.3. The Morgan fingerprint density at radius 3 is 2.41 bits per heavy atom. The molecule has 0 spiro atoms. The fourth-order valence-electron chi connectivity index (χ4n) is 4.05. The topological polar surface area (TPSA) is 67.9 Å². The summed E-state index contributed by atoms with van der Waals surface area (Å²) in [5.74, 6) is -5.16. The normalized spacial score (nSPS) is 21.7. The summed E-state index contributed by atoms with van der Waals surface area (Å²) < 4.78 is 86.8. The van der Waals surface area contributed by atoms with Crippen LogP contribution in [0.5, 0.6) is 0 Å². The van der Waals surface area contributed by atoms with Crippen molar-refractivity contribution >= 4 is 17.7 Å². The summed E-state index contributed by atoms with van der Waals surface area (Å²) in [7, 11) is 1.43. The molecule has 37 heavy (non-hydrogen) atoms. The van der Waals surface area contributed by atoms with Gasteiger partial charge in [-0.1, -0.05) is 32.1 Å². The zero-order valence-electron chi connectivity index (χ0n) is 21.1. The molecule has 0 aromatic heterocycles. The number of nitrogens with zero attached hydrogens (tertiary/aromatic N) is 2. The van der Waals surface area contributed by atoms with Crippen LogP contribution in [0, 0.1) is 11.7 Å². The fraction of sp³-hybridized carbons (Fsp3) is 0.462. The van der Waals surface area contributed by atoms with Gasteiger partial charge in [-0.05, 0) is 43.0 Å². The van der Waals surface area contributed by atoms with Crippen LogP contribution in [0.15, 0.2) is 58.4 Å². The van der Waals surface area contributed by atoms with Crippen LogP contribution in [0.1, 0.15) is 39.2 Å². The Morgan fingerprint density at radius 2 is 1.86 bits per heavy atom. The third-order valence-electron chi connectivity index (χ3n) is 6.02. The highest BCUT2D eigenvalue weighted by Gasteiger charge is 2.46. The molecule has 1 aromatic carbocycles. The predicted molar refractivity (Wildman–Crippen MR) is 130 cm³/mol. The van der Waals surface area contributed by atoms with E-state index in [1.54, 1.807) is 0 Å². The predicted octanol–water partition coefficient (Wildman–Crippen LogP) is 5.89. The summed E-state index contributed by atoms with van der Waals surface area (Å²) in [5, 5.41) is 0. The molecule has 0 radical (unpaired) electrons. The highest BCUT2D eigenvalue weighted by atomic mass is 19.4. The summed E-state index contributed by atoms with van der Waals surface area (Å²) in [4.78, 5) is 18.2. The van der Waals surface area contributed by atoms with Crippen molar-refractivity contribution in [3.8, 4) is 0 Å². The zero-order chi connectivity index (χ0) is 28.0. The minimum Gasteiger partial charge on any atom is -0.496 e. The third kappa shape index (κ3) is 8.13. The number of ether oxygens (including phenoxy) is 1. The maximum atomic E-state index is 14.5. The van der Waals surface area contributed by atoms with Gasteiger partial charge in [-0.15, -0.1) is 0 Å². The van der Waals surface area contributed by atoms with Crippen LogP contribution in [-0.2, 0) is 9.53 Å². The second-order valence-electron chi connectivity index (χ2n) is 8.89. The molecule has 0 aliphatic carbocycles. The molecule has 2 atom stereocenters. The van der Waals surface area contributed by atoms with Crippen molar-refractivity contribution in [2.75, 3.05) is 20.2 Å². The van der Waals surface area contributed by atoms with E-state index in [1.165, 1.54) is 46.2 Å². The van der Waals surface area contributed by atoms with E-state index in [9.17, 15) is 31.1 Å². The molecular weight excluding hydrogens is 500 g/mol. The molecule has 1 aliphatic rings. The monoisotopic (exact) mass is 531 g/mol. The molecule has 1 fully saturated rings. The Hall–Kier alpha value is -3.24. The van der Waals surface area contributed by atoms with Crippen molar-refractivity contribution in [2.24, 2.45) is 16.6 Å². The molecule has 1 amide bonds. The van der Waals surface area contributed by atoms with Crippen LogP contribution in [0.3, 0.4) is 0 Å². The second-order valence-corrected chi connectivity index (χ2v) is 8.89. The molecule has 1 saturated heterocycles. The van der Waals surface area contributed by atoms with E-state index in [1.807, 2.05) is 0 Å². The highest BCUT2D eigenvalue weighted by molar-refractivity contribution is 6.18. The summed E-state index contributed by atoms with van der Waals surface area (Å²) >= 11 is 0. The minimum atomic E-state index is -4.48. The number of alkyl halides is 5. The summed E-state index contributed by atoms with van der Waals surface area (Å²) in [6.45, 7) is 3.20. The molecule has 204 valence electrons.